The number of benzene rings is 3. The highest BCUT2D eigenvalue weighted by atomic mass is 32.1. The van der Waals surface area contributed by atoms with Crippen molar-refractivity contribution in [2.24, 2.45) is 0 Å². The van der Waals surface area contributed by atoms with E-state index in [4.69, 9.17) is 0 Å². The molecule has 0 saturated heterocycles. The van der Waals surface area contributed by atoms with Crippen molar-refractivity contribution in [1.82, 2.24) is 0 Å². The third-order valence-corrected chi connectivity index (χ3v) is 7.75. The van der Waals surface area contributed by atoms with E-state index in [9.17, 15) is 34.2 Å². The van der Waals surface area contributed by atoms with Gasteiger partial charge in [0.15, 0.2) is 0 Å². The molecule has 178 valence electrons. The summed E-state index contributed by atoms with van der Waals surface area (Å²) in [6.07, 6.45) is -4.92. The molecule has 2 aliphatic rings. The zero-order valence-corrected chi connectivity index (χ0v) is 19.8. The number of allylic oxidation sites excluding steroid dienone is 2. The van der Waals surface area contributed by atoms with Gasteiger partial charge in [-0.15, -0.1) is 24.5 Å². The van der Waals surface area contributed by atoms with Gasteiger partial charge in [0.25, 0.3) is 0 Å². The number of fused-ring (bicyclic) bond motifs is 9. The van der Waals surface area contributed by atoms with E-state index >= 15 is 0 Å². The Hall–Kier alpha value is -5.35. The number of alkyl halides is 3. The van der Waals surface area contributed by atoms with Crippen LogP contribution in [0, 0.1) is 45.3 Å². The number of nitriles is 4. The van der Waals surface area contributed by atoms with Crippen molar-refractivity contribution >= 4 is 33.3 Å². The van der Waals surface area contributed by atoms with E-state index in [0.29, 0.717) is 37.6 Å². The summed E-state index contributed by atoms with van der Waals surface area (Å²) in [5.41, 5.74) is 3.94. The Morgan fingerprint density at radius 2 is 1.29 bits per heavy atom. The lowest BCUT2D eigenvalue weighted by molar-refractivity contribution is -0.274. The second-order valence-corrected chi connectivity index (χ2v) is 9.44. The maximum atomic E-state index is 13.0. The first-order chi connectivity index (χ1) is 18.3. The van der Waals surface area contributed by atoms with Crippen LogP contribution >= 0.6 is 11.3 Å². The lowest BCUT2D eigenvalue weighted by Crippen LogP contribution is -2.17. The largest absolute Gasteiger partial charge is 0.573 e. The third-order valence-electron chi connectivity index (χ3n) is 6.52. The van der Waals surface area contributed by atoms with Crippen molar-refractivity contribution in [1.29, 1.82) is 21.0 Å². The normalized spacial score (nSPS) is 12.4. The van der Waals surface area contributed by atoms with Crippen LogP contribution in [0.4, 0.5) is 13.2 Å². The molecular formula is C29H9F3N4OS. The van der Waals surface area contributed by atoms with Crippen LogP contribution in [0.15, 0.2) is 65.7 Å². The minimum absolute atomic E-state index is 0.0827. The fourth-order valence-corrected chi connectivity index (χ4v) is 6.64. The highest BCUT2D eigenvalue weighted by Crippen LogP contribution is 2.62. The smallest absolute Gasteiger partial charge is 0.406 e. The van der Waals surface area contributed by atoms with Crippen LogP contribution in [0.25, 0.3) is 44.2 Å². The Morgan fingerprint density at radius 3 is 1.95 bits per heavy atom. The number of hydrogen-bond acceptors (Lipinski definition) is 6. The number of hydrogen-bond donors (Lipinski definition) is 0. The molecule has 0 aliphatic heterocycles. The van der Waals surface area contributed by atoms with Crippen molar-refractivity contribution < 1.29 is 17.9 Å². The van der Waals surface area contributed by atoms with E-state index in [1.807, 2.05) is 60.7 Å². The van der Waals surface area contributed by atoms with Gasteiger partial charge in [0.1, 0.15) is 41.2 Å². The van der Waals surface area contributed by atoms with Gasteiger partial charge in [-0.3, -0.25) is 0 Å². The van der Waals surface area contributed by atoms with Crippen molar-refractivity contribution in [2.75, 3.05) is 0 Å². The molecule has 0 bridgehead atoms. The summed E-state index contributed by atoms with van der Waals surface area (Å²) in [6.45, 7) is 0. The zero-order valence-electron chi connectivity index (χ0n) is 18.9. The Balaban J connectivity index is 1.77. The molecule has 0 fully saturated rings. The predicted octanol–water partition coefficient (Wildman–Crippen LogP) is 7.46. The second kappa shape index (κ2) is 8.08. The topological polar surface area (TPSA) is 104 Å². The lowest BCUT2D eigenvalue weighted by Gasteiger charge is -2.11. The summed E-state index contributed by atoms with van der Waals surface area (Å²) in [6, 6.07) is 22.9. The Labute approximate surface area is 217 Å². The molecule has 2 aliphatic carbocycles. The standard InChI is InChI=1S/C29H9F3N4OS/c30-29(31,32)37-17-6-8-19-21(9-17)23(16(12-35)13-36)27-25(19)26-24-18-4-2-1-3-14(18)5-7-20(24)22(28(26)38-27)15(10-33)11-34/h1-9H. The first kappa shape index (κ1) is 23.1. The van der Waals surface area contributed by atoms with Crippen molar-refractivity contribution in [2.45, 2.75) is 6.36 Å². The molecule has 0 spiro atoms. The molecule has 0 amide bonds. The van der Waals surface area contributed by atoms with E-state index in [1.54, 1.807) is 0 Å². The highest BCUT2D eigenvalue weighted by molar-refractivity contribution is 7.16. The number of nitrogens with zero attached hydrogens (tertiary/aromatic N) is 4. The van der Waals surface area contributed by atoms with Gasteiger partial charge in [0.05, 0.1) is 0 Å². The average Bonchev–Trinajstić information content (AvgIpc) is 3.51. The summed E-state index contributed by atoms with van der Waals surface area (Å²) < 4.78 is 43.0. The average molecular weight is 518 g/mol. The molecule has 6 rings (SSSR count). The molecule has 1 heterocycles. The molecule has 9 heteroatoms. The van der Waals surface area contributed by atoms with E-state index in [1.165, 1.54) is 29.5 Å². The van der Waals surface area contributed by atoms with Gasteiger partial charge in [0.2, 0.25) is 0 Å². The fraction of sp³-hybridized carbons (Fsp3) is 0.0345. The van der Waals surface area contributed by atoms with Gasteiger partial charge in [-0.1, -0.05) is 36.4 Å². The maximum absolute atomic E-state index is 13.0. The minimum atomic E-state index is -4.92. The fourth-order valence-electron chi connectivity index (χ4n) is 5.19. The van der Waals surface area contributed by atoms with E-state index in [-0.39, 0.29) is 22.3 Å². The summed E-state index contributed by atoms with van der Waals surface area (Å²) in [5, 5.41) is 40.8. The van der Waals surface area contributed by atoms with Crippen LogP contribution in [0.2, 0.25) is 0 Å². The van der Waals surface area contributed by atoms with E-state index in [0.717, 1.165) is 16.3 Å². The van der Waals surface area contributed by atoms with Crippen LogP contribution < -0.4 is 4.74 Å². The monoisotopic (exact) mass is 518 g/mol. The highest BCUT2D eigenvalue weighted by Gasteiger charge is 2.40. The second-order valence-electron chi connectivity index (χ2n) is 8.42. The van der Waals surface area contributed by atoms with Crippen LogP contribution in [-0.2, 0) is 0 Å². The molecule has 0 radical (unpaired) electrons. The SMILES string of the molecule is N#CC(C#N)=C1c2cc(OC(F)(F)F)ccc2-c2c1sc1c2-c2c(ccc3ccccc23)C1=C(C#N)C#N. The van der Waals surface area contributed by atoms with Crippen molar-refractivity contribution in [3.8, 4) is 52.3 Å². The Kier molecular flexibility index (Phi) is 4.91. The molecular weight excluding hydrogens is 509 g/mol. The third kappa shape index (κ3) is 3.14. The molecule has 38 heavy (non-hydrogen) atoms. The summed E-state index contributed by atoms with van der Waals surface area (Å²) >= 11 is 1.20. The van der Waals surface area contributed by atoms with E-state index in [2.05, 4.69) is 4.74 Å². The summed E-state index contributed by atoms with van der Waals surface area (Å²) in [7, 11) is 0. The molecule has 0 saturated carbocycles. The molecule has 5 nitrogen and oxygen atoms in total. The summed E-state index contributed by atoms with van der Waals surface area (Å²) in [4.78, 5) is 1.15. The first-order valence-corrected chi connectivity index (χ1v) is 11.8. The van der Waals surface area contributed by atoms with E-state index < -0.39 is 12.1 Å². The van der Waals surface area contributed by atoms with Gasteiger partial charge in [0, 0.05) is 32.0 Å². The van der Waals surface area contributed by atoms with Gasteiger partial charge in [-0.25, -0.2) is 0 Å². The Bertz CT molecular complexity index is 1950. The lowest BCUT2D eigenvalue weighted by atomic mass is 9.94. The molecule has 4 aromatic rings. The molecule has 0 unspecified atom stereocenters. The van der Waals surface area contributed by atoms with Crippen LogP contribution in [0.3, 0.4) is 0 Å². The predicted molar refractivity (Wildman–Crippen MR) is 134 cm³/mol. The van der Waals surface area contributed by atoms with Gasteiger partial charge >= 0.3 is 6.36 Å². The molecule has 0 atom stereocenters. The maximum Gasteiger partial charge on any atom is 0.573 e. The zero-order chi connectivity index (χ0) is 26.8. The van der Waals surface area contributed by atoms with Crippen LogP contribution in [-0.4, -0.2) is 6.36 Å². The number of rotatable bonds is 1. The summed E-state index contributed by atoms with van der Waals surface area (Å²) in [5.74, 6) is -0.474. The van der Waals surface area contributed by atoms with Gasteiger partial charge in [-0.2, -0.15) is 21.0 Å². The minimum Gasteiger partial charge on any atom is -0.406 e. The molecule has 0 N–H and O–H groups in total. The quantitative estimate of drug-likeness (QED) is 0.210. The molecule has 3 aromatic carbocycles. The van der Waals surface area contributed by atoms with Crippen LogP contribution in [0.5, 0.6) is 5.75 Å². The number of halogens is 3. The Morgan fingerprint density at radius 1 is 0.684 bits per heavy atom. The van der Waals surface area contributed by atoms with Gasteiger partial charge in [-0.05, 0) is 51.2 Å². The van der Waals surface area contributed by atoms with Crippen molar-refractivity contribution in [3.63, 3.8) is 0 Å². The number of ether oxygens (including phenoxy) is 1. The first-order valence-electron chi connectivity index (χ1n) is 11.0. The van der Waals surface area contributed by atoms with Gasteiger partial charge < -0.3 is 4.74 Å². The van der Waals surface area contributed by atoms with Crippen molar-refractivity contribution in [3.05, 3.63) is 86.6 Å². The molecule has 1 aromatic heterocycles. The van der Waals surface area contributed by atoms with Crippen LogP contribution in [0.1, 0.15) is 20.9 Å². The number of thiophene rings is 1.